The number of benzene rings is 1. The standard InChI is InChI=1S/C17H28N2O/c1-3-18-14-16-9-6-8-15(2)17(16)20-13-7-12-19-10-4-5-11-19/h6,8-9,18H,3-5,7,10-14H2,1-2H3. The van der Waals surface area contributed by atoms with Gasteiger partial charge in [0, 0.05) is 18.7 Å². The van der Waals surface area contributed by atoms with E-state index in [1.165, 1.54) is 43.6 Å². The van der Waals surface area contributed by atoms with Crippen LogP contribution in [0.3, 0.4) is 0 Å². The first kappa shape index (κ1) is 15.3. The SMILES string of the molecule is CCNCc1cccc(C)c1OCCCN1CCCC1. The van der Waals surface area contributed by atoms with Gasteiger partial charge in [-0.3, -0.25) is 0 Å². The first-order valence-corrected chi connectivity index (χ1v) is 7.95. The Bertz CT molecular complexity index is 400. The molecule has 1 aliphatic heterocycles. The minimum Gasteiger partial charge on any atom is -0.493 e. The normalized spacial score (nSPS) is 15.7. The summed E-state index contributed by atoms with van der Waals surface area (Å²) in [5, 5.41) is 3.38. The molecule has 0 bridgehead atoms. The molecule has 0 amide bonds. The summed E-state index contributed by atoms with van der Waals surface area (Å²) in [6, 6.07) is 6.40. The van der Waals surface area contributed by atoms with Gasteiger partial charge in [-0.1, -0.05) is 25.1 Å². The van der Waals surface area contributed by atoms with Gasteiger partial charge in [-0.2, -0.15) is 0 Å². The number of rotatable bonds is 8. The fraction of sp³-hybridized carbons (Fsp3) is 0.647. The fourth-order valence-electron chi connectivity index (χ4n) is 2.79. The first-order valence-electron chi connectivity index (χ1n) is 7.95. The average molecular weight is 276 g/mol. The predicted molar refractivity (Wildman–Crippen MR) is 84.3 cm³/mol. The van der Waals surface area contributed by atoms with Crippen LogP contribution in [-0.4, -0.2) is 37.7 Å². The second-order valence-corrected chi connectivity index (χ2v) is 5.59. The number of hydrogen-bond donors (Lipinski definition) is 1. The van der Waals surface area contributed by atoms with Crippen LogP contribution >= 0.6 is 0 Å². The Kier molecular flexibility index (Phi) is 6.34. The molecule has 20 heavy (non-hydrogen) atoms. The van der Waals surface area contributed by atoms with E-state index in [1.807, 2.05) is 0 Å². The molecular weight excluding hydrogens is 248 g/mol. The number of aryl methyl sites for hydroxylation is 1. The highest BCUT2D eigenvalue weighted by Crippen LogP contribution is 2.23. The zero-order chi connectivity index (χ0) is 14.2. The van der Waals surface area contributed by atoms with Gasteiger partial charge in [-0.25, -0.2) is 0 Å². The summed E-state index contributed by atoms with van der Waals surface area (Å²) in [5.74, 6) is 1.08. The lowest BCUT2D eigenvalue weighted by molar-refractivity contribution is 0.260. The van der Waals surface area contributed by atoms with Gasteiger partial charge in [0.2, 0.25) is 0 Å². The molecule has 0 spiro atoms. The van der Waals surface area contributed by atoms with Crippen molar-refractivity contribution in [3.8, 4) is 5.75 Å². The molecule has 3 nitrogen and oxygen atoms in total. The molecule has 0 aliphatic carbocycles. The number of nitrogens with one attached hydrogen (secondary N) is 1. The van der Waals surface area contributed by atoms with Gasteiger partial charge >= 0.3 is 0 Å². The second kappa shape index (κ2) is 8.28. The van der Waals surface area contributed by atoms with Gasteiger partial charge in [0.25, 0.3) is 0 Å². The minimum atomic E-state index is 0.820. The predicted octanol–water partition coefficient (Wildman–Crippen LogP) is 2.97. The van der Waals surface area contributed by atoms with E-state index in [2.05, 4.69) is 42.3 Å². The average Bonchev–Trinajstić information content (AvgIpc) is 2.96. The maximum Gasteiger partial charge on any atom is 0.126 e. The molecule has 0 atom stereocenters. The first-order chi connectivity index (χ1) is 9.81. The molecule has 3 heteroatoms. The summed E-state index contributed by atoms with van der Waals surface area (Å²) in [5.41, 5.74) is 2.51. The molecule has 2 rings (SSSR count). The molecule has 1 saturated heterocycles. The third-order valence-corrected chi connectivity index (χ3v) is 3.92. The Hall–Kier alpha value is -1.06. The smallest absolute Gasteiger partial charge is 0.126 e. The number of nitrogens with zero attached hydrogens (tertiary/aromatic N) is 1. The van der Waals surface area contributed by atoms with Crippen LogP contribution < -0.4 is 10.1 Å². The Morgan fingerprint density at radius 3 is 2.80 bits per heavy atom. The van der Waals surface area contributed by atoms with Crippen molar-refractivity contribution < 1.29 is 4.74 Å². The van der Waals surface area contributed by atoms with E-state index in [-0.39, 0.29) is 0 Å². The van der Waals surface area contributed by atoms with Crippen LogP contribution in [-0.2, 0) is 6.54 Å². The van der Waals surface area contributed by atoms with Crippen molar-refractivity contribution in [1.82, 2.24) is 10.2 Å². The van der Waals surface area contributed by atoms with E-state index >= 15 is 0 Å². The molecule has 112 valence electrons. The van der Waals surface area contributed by atoms with Crippen molar-refractivity contribution in [3.63, 3.8) is 0 Å². The number of para-hydroxylation sites is 1. The Labute approximate surface area is 123 Å². The highest BCUT2D eigenvalue weighted by atomic mass is 16.5. The monoisotopic (exact) mass is 276 g/mol. The maximum absolute atomic E-state index is 6.06. The number of likely N-dealkylation sites (tertiary alicyclic amines) is 1. The third kappa shape index (κ3) is 4.50. The molecule has 0 saturated carbocycles. The Balaban J connectivity index is 1.81. The van der Waals surface area contributed by atoms with Crippen LogP contribution in [0.15, 0.2) is 18.2 Å². The quantitative estimate of drug-likeness (QED) is 0.739. The van der Waals surface area contributed by atoms with Crippen LogP contribution in [0.25, 0.3) is 0 Å². The molecular formula is C17H28N2O. The van der Waals surface area contributed by atoms with Gasteiger partial charge in [-0.05, 0) is 51.4 Å². The Morgan fingerprint density at radius 2 is 2.05 bits per heavy atom. The van der Waals surface area contributed by atoms with Gasteiger partial charge < -0.3 is 15.0 Å². The van der Waals surface area contributed by atoms with Crippen LogP contribution in [0.5, 0.6) is 5.75 Å². The Morgan fingerprint density at radius 1 is 1.25 bits per heavy atom. The van der Waals surface area contributed by atoms with Gasteiger partial charge in [0.1, 0.15) is 5.75 Å². The van der Waals surface area contributed by atoms with Gasteiger partial charge in [0.15, 0.2) is 0 Å². The topological polar surface area (TPSA) is 24.5 Å². The lowest BCUT2D eigenvalue weighted by atomic mass is 10.1. The van der Waals surface area contributed by atoms with Gasteiger partial charge in [0.05, 0.1) is 6.61 Å². The summed E-state index contributed by atoms with van der Waals surface area (Å²) in [6.45, 7) is 10.7. The van der Waals surface area contributed by atoms with E-state index in [1.54, 1.807) is 0 Å². The minimum absolute atomic E-state index is 0.820. The van der Waals surface area contributed by atoms with Crippen molar-refractivity contribution in [2.75, 3.05) is 32.8 Å². The number of hydrogen-bond acceptors (Lipinski definition) is 3. The highest BCUT2D eigenvalue weighted by molar-refractivity contribution is 5.40. The summed E-state index contributed by atoms with van der Waals surface area (Å²) in [6.07, 6.45) is 3.85. The summed E-state index contributed by atoms with van der Waals surface area (Å²) >= 11 is 0. The molecule has 1 aliphatic rings. The molecule has 1 fully saturated rings. The lowest BCUT2D eigenvalue weighted by Gasteiger charge is -2.17. The number of ether oxygens (including phenoxy) is 1. The van der Waals surface area contributed by atoms with Crippen molar-refractivity contribution >= 4 is 0 Å². The van der Waals surface area contributed by atoms with E-state index in [0.29, 0.717) is 0 Å². The molecule has 0 radical (unpaired) electrons. The molecule has 0 aromatic heterocycles. The highest BCUT2D eigenvalue weighted by Gasteiger charge is 2.11. The summed E-state index contributed by atoms with van der Waals surface area (Å²) < 4.78 is 6.06. The van der Waals surface area contributed by atoms with Crippen LogP contribution in [0.4, 0.5) is 0 Å². The van der Waals surface area contributed by atoms with E-state index in [9.17, 15) is 0 Å². The fourth-order valence-corrected chi connectivity index (χ4v) is 2.79. The van der Waals surface area contributed by atoms with Crippen molar-refractivity contribution in [3.05, 3.63) is 29.3 Å². The largest absolute Gasteiger partial charge is 0.493 e. The third-order valence-electron chi connectivity index (χ3n) is 3.92. The molecule has 1 heterocycles. The second-order valence-electron chi connectivity index (χ2n) is 5.59. The zero-order valence-electron chi connectivity index (χ0n) is 13.0. The molecule has 1 N–H and O–H groups in total. The van der Waals surface area contributed by atoms with E-state index < -0.39 is 0 Å². The summed E-state index contributed by atoms with van der Waals surface area (Å²) in [7, 11) is 0. The van der Waals surface area contributed by atoms with Gasteiger partial charge in [-0.15, -0.1) is 0 Å². The van der Waals surface area contributed by atoms with Crippen LogP contribution in [0, 0.1) is 6.92 Å². The molecule has 1 aromatic rings. The van der Waals surface area contributed by atoms with E-state index in [0.717, 1.165) is 31.9 Å². The lowest BCUT2D eigenvalue weighted by Crippen LogP contribution is -2.22. The van der Waals surface area contributed by atoms with Crippen LogP contribution in [0.2, 0.25) is 0 Å². The van der Waals surface area contributed by atoms with Crippen molar-refractivity contribution in [1.29, 1.82) is 0 Å². The molecule has 0 unspecified atom stereocenters. The zero-order valence-corrected chi connectivity index (χ0v) is 13.0. The van der Waals surface area contributed by atoms with E-state index in [4.69, 9.17) is 4.74 Å². The van der Waals surface area contributed by atoms with Crippen molar-refractivity contribution in [2.45, 2.75) is 39.7 Å². The molecule has 1 aromatic carbocycles. The van der Waals surface area contributed by atoms with Crippen LogP contribution in [0.1, 0.15) is 37.3 Å². The van der Waals surface area contributed by atoms with Crippen molar-refractivity contribution in [2.24, 2.45) is 0 Å². The maximum atomic E-state index is 6.06. The summed E-state index contributed by atoms with van der Waals surface area (Å²) in [4.78, 5) is 2.54.